The normalized spacial score (nSPS) is 12.0. The number of rotatable bonds is 0. The van der Waals surface area contributed by atoms with E-state index in [-0.39, 0.29) is 0 Å². The maximum Gasteiger partial charge on any atom is 0.247 e. The van der Waals surface area contributed by atoms with Crippen molar-refractivity contribution in [1.82, 2.24) is 0 Å². The highest BCUT2D eigenvalue weighted by Crippen LogP contribution is 2.74. The first-order valence-electron chi connectivity index (χ1n) is 0.954. The van der Waals surface area contributed by atoms with E-state index < -0.39 is 4.02 Å². The Morgan fingerprint density at radius 3 is 1.60 bits per heavy atom. The third-order valence-electron chi connectivity index (χ3n) is 0. The molecule has 4 heteroatoms. The molecule has 0 N–H and O–H groups in total. The molecule has 0 bridgehead atoms. The molecule has 0 aliphatic carbocycles. The van der Waals surface area contributed by atoms with Gasteiger partial charge in [-0.1, -0.05) is 0 Å². The molecule has 0 aromatic rings. The molecule has 0 radical (unpaired) electrons. The number of hydrogen-bond donors (Lipinski definition) is 0. The Hall–Kier alpha value is 1.68. The van der Waals surface area contributed by atoms with Gasteiger partial charge in [0.05, 0.1) is 6.66 Å². The summed E-state index contributed by atoms with van der Waals surface area (Å²) in [6, 6.07) is 0. The highest BCUT2D eigenvalue weighted by atomic mass is 79.9. The maximum atomic E-state index is 5.47. The molecular weight excluding hydrogens is 238 g/mol. The molecule has 5 heavy (non-hydrogen) atoms. The molecule has 0 aromatic carbocycles. The first kappa shape index (κ1) is 6.68. The number of halogens is 3. The predicted molar refractivity (Wildman–Crippen MR) is 36.6 cm³/mol. The lowest BCUT2D eigenvalue weighted by Gasteiger charge is -1.81. The fourth-order valence-electron chi connectivity index (χ4n) is 0. The zero-order valence-electron chi connectivity index (χ0n) is 2.58. The second kappa shape index (κ2) is 2.11. The molecule has 0 saturated carbocycles. The van der Waals surface area contributed by atoms with Gasteiger partial charge in [-0.3, -0.25) is 0 Å². The van der Waals surface area contributed by atoms with Crippen LogP contribution in [0.3, 0.4) is 0 Å². The Morgan fingerprint density at radius 1 is 1.60 bits per heavy atom. The highest BCUT2D eigenvalue weighted by Gasteiger charge is 2.19. The topological polar surface area (TPSA) is 0 Å². The van der Waals surface area contributed by atoms with Gasteiger partial charge in [0.2, 0.25) is 4.02 Å². The van der Waals surface area contributed by atoms with Gasteiger partial charge in [0.25, 0.3) is 0 Å². The van der Waals surface area contributed by atoms with Crippen molar-refractivity contribution in [1.29, 1.82) is 0 Å². The van der Waals surface area contributed by atoms with Crippen molar-refractivity contribution >= 4 is 46.2 Å². The van der Waals surface area contributed by atoms with Gasteiger partial charge >= 0.3 is 0 Å². The van der Waals surface area contributed by atoms with Crippen LogP contribution in [0.15, 0.2) is 0 Å². The molecule has 0 atom stereocenters. The van der Waals surface area contributed by atoms with Crippen LogP contribution in [0.1, 0.15) is 0 Å². The Labute approximate surface area is 52.9 Å². The summed E-state index contributed by atoms with van der Waals surface area (Å²) in [5.74, 6) is 0. The minimum Gasteiger partial charge on any atom is 0.0851 e. The Bertz CT molecular complexity index is 25.1. The summed E-state index contributed by atoms with van der Waals surface area (Å²) >= 11 is 11.8. The van der Waals surface area contributed by atoms with Crippen LogP contribution in [-0.4, -0.2) is 6.66 Å². The minimum atomic E-state index is -1.29. The monoisotopic (exact) mass is 239 g/mol. The summed E-state index contributed by atoms with van der Waals surface area (Å²) in [4.78, 5) is 0. The molecule has 0 saturated heterocycles. The quantitative estimate of drug-likeness (QED) is 0.570. The Balaban J connectivity index is 3.02. The summed E-state index contributed by atoms with van der Waals surface area (Å²) in [7, 11) is 0. The first-order valence-corrected chi connectivity index (χ1v) is 8.13. The lowest BCUT2D eigenvalue weighted by molar-refractivity contribution is 2.49. The minimum absolute atomic E-state index is 1.29. The zero-order chi connectivity index (χ0) is 4.50. The van der Waals surface area contributed by atoms with Gasteiger partial charge in [-0.05, 0) is 0 Å². The lowest BCUT2D eigenvalue weighted by Crippen LogP contribution is -1.37. The lowest BCUT2D eigenvalue weighted by atomic mass is 12.0. The molecule has 32 valence electrons. The number of hydrogen-bond acceptors (Lipinski definition) is 0. The van der Waals surface area contributed by atoms with Crippen LogP contribution in [0.4, 0.5) is 0 Å². The largest absolute Gasteiger partial charge is 0.247 e. The third-order valence-corrected chi connectivity index (χ3v) is 0. The fourth-order valence-corrected chi connectivity index (χ4v) is 0. The van der Waals surface area contributed by atoms with E-state index in [9.17, 15) is 0 Å². The SMILES string of the molecule is C[P+](Cl)(Br)Br. The van der Waals surface area contributed by atoms with Gasteiger partial charge in [-0.15, -0.1) is 0 Å². The molecule has 0 spiro atoms. The van der Waals surface area contributed by atoms with Crippen LogP contribution in [0.5, 0.6) is 0 Å². The summed E-state index contributed by atoms with van der Waals surface area (Å²) in [5.41, 5.74) is 0. The van der Waals surface area contributed by atoms with Crippen LogP contribution < -0.4 is 0 Å². The first-order chi connectivity index (χ1) is 2.00. The summed E-state index contributed by atoms with van der Waals surface area (Å²) < 4.78 is -1.29. The standard InChI is InChI=1S/CH3Br2ClP/c1-5(2,3)4/h1H3/q+1. The smallest absolute Gasteiger partial charge is 0.0851 e. The Kier molecular flexibility index (Phi) is 2.82. The molecular formula is CH3Br2ClP+. The molecule has 0 rings (SSSR count). The van der Waals surface area contributed by atoms with Crippen LogP contribution in [-0.2, 0) is 0 Å². The average molecular weight is 241 g/mol. The van der Waals surface area contributed by atoms with Gasteiger partial charge < -0.3 is 0 Å². The van der Waals surface area contributed by atoms with E-state index in [1.54, 1.807) is 0 Å². The van der Waals surface area contributed by atoms with Gasteiger partial charge in [0, 0.05) is 0 Å². The summed E-state index contributed by atoms with van der Waals surface area (Å²) in [6.45, 7) is 1.90. The van der Waals surface area contributed by atoms with E-state index in [1.807, 2.05) is 6.66 Å². The molecule has 0 aliphatic heterocycles. The van der Waals surface area contributed by atoms with Gasteiger partial charge in [-0.2, -0.15) is 0 Å². The second-order valence-electron chi connectivity index (χ2n) is 0.699. The van der Waals surface area contributed by atoms with Crippen LogP contribution in [0.2, 0.25) is 0 Å². The Morgan fingerprint density at radius 2 is 1.60 bits per heavy atom. The maximum absolute atomic E-state index is 5.47. The van der Waals surface area contributed by atoms with Gasteiger partial charge in [-0.25, -0.2) is 0 Å². The van der Waals surface area contributed by atoms with Crippen molar-refractivity contribution in [3.63, 3.8) is 0 Å². The molecule has 0 fully saturated rings. The van der Waals surface area contributed by atoms with Crippen LogP contribution >= 0.6 is 46.2 Å². The van der Waals surface area contributed by atoms with Crippen LogP contribution in [0.25, 0.3) is 0 Å². The van der Waals surface area contributed by atoms with E-state index in [1.165, 1.54) is 0 Å². The van der Waals surface area contributed by atoms with Gasteiger partial charge in [0.15, 0.2) is 31.0 Å². The summed E-state index contributed by atoms with van der Waals surface area (Å²) in [6.07, 6.45) is 0. The van der Waals surface area contributed by atoms with Crippen LogP contribution in [0, 0.1) is 0 Å². The van der Waals surface area contributed by atoms with E-state index >= 15 is 0 Å². The van der Waals surface area contributed by atoms with Crippen molar-refractivity contribution in [3.05, 3.63) is 0 Å². The molecule has 0 amide bonds. The van der Waals surface area contributed by atoms with Crippen molar-refractivity contribution in [3.8, 4) is 0 Å². The molecule has 0 aromatic heterocycles. The molecule has 0 nitrogen and oxygen atoms in total. The highest BCUT2D eigenvalue weighted by molar-refractivity contribution is 9.75. The average Bonchev–Trinajstić information content (AvgIpc) is 0.722. The van der Waals surface area contributed by atoms with Crippen molar-refractivity contribution in [2.75, 3.05) is 6.66 Å². The predicted octanol–water partition coefficient (Wildman–Crippen LogP) is 3.41. The zero-order valence-corrected chi connectivity index (χ0v) is 7.40. The van der Waals surface area contributed by atoms with Crippen molar-refractivity contribution < 1.29 is 0 Å². The van der Waals surface area contributed by atoms with E-state index in [0.717, 1.165) is 0 Å². The molecule has 0 unspecified atom stereocenters. The summed E-state index contributed by atoms with van der Waals surface area (Å²) in [5, 5.41) is 0. The second-order valence-corrected chi connectivity index (χ2v) is 17.9. The van der Waals surface area contributed by atoms with E-state index in [4.69, 9.17) is 11.2 Å². The molecule has 0 heterocycles. The van der Waals surface area contributed by atoms with E-state index in [0.29, 0.717) is 0 Å². The van der Waals surface area contributed by atoms with Crippen molar-refractivity contribution in [2.45, 2.75) is 0 Å². The van der Waals surface area contributed by atoms with E-state index in [2.05, 4.69) is 31.0 Å². The van der Waals surface area contributed by atoms with Gasteiger partial charge in [0.1, 0.15) is 11.2 Å². The third kappa shape index (κ3) is 27.3. The van der Waals surface area contributed by atoms with Crippen molar-refractivity contribution in [2.24, 2.45) is 0 Å². The molecule has 0 aliphatic rings. The fraction of sp³-hybridized carbons (Fsp3) is 1.00.